The Labute approximate surface area is 251 Å². The van der Waals surface area contributed by atoms with Crippen molar-refractivity contribution >= 4 is 17.6 Å². The standard InChI is InChI=1S/C34H39F3N2O4/c1-2-3-11-31(27-13-17-30(18-14-27)43-33(41)34(35,36)37)39(32(40)21-12-26-9-5-4-6-10-26)28-15-19-29(20-16-28)42-25-24-38-22-7-8-23-38/h4-6,9-10,13-20,31H,2-3,7-8,11-12,21-25H2,1H3. The molecule has 230 valence electrons. The highest BCUT2D eigenvalue weighted by Gasteiger charge is 2.41. The third kappa shape index (κ3) is 9.58. The van der Waals surface area contributed by atoms with Crippen molar-refractivity contribution in [3.63, 3.8) is 0 Å². The maximum absolute atomic E-state index is 13.9. The zero-order chi connectivity index (χ0) is 30.7. The molecular weight excluding hydrogens is 557 g/mol. The third-order valence-electron chi connectivity index (χ3n) is 7.58. The zero-order valence-corrected chi connectivity index (χ0v) is 24.5. The van der Waals surface area contributed by atoms with Gasteiger partial charge in [0.1, 0.15) is 18.1 Å². The van der Waals surface area contributed by atoms with E-state index in [2.05, 4.69) is 16.6 Å². The number of unbranched alkanes of at least 4 members (excludes halogenated alkanes) is 1. The topological polar surface area (TPSA) is 59.1 Å². The lowest BCUT2D eigenvalue weighted by molar-refractivity contribution is -0.189. The molecule has 1 atom stereocenters. The van der Waals surface area contributed by atoms with E-state index in [9.17, 15) is 22.8 Å². The number of ether oxygens (including phenoxy) is 2. The monoisotopic (exact) mass is 596 g/mol. The minimum absolute atomic E-state index is 0.0692. The second-order valence-electron chi connectivity index (χ2n) is 10.8. The van der Waals surface area contributed by atoms with E-state index in [-0.39, 0.29) is 24.1 Å². The number of hydrogen-bond acceptors (Lipinski definition) is 5. The number of carbonyl (C=O) groups excluding carboxylic acids is 2. The molecule has 0 aliphatic carbocycles. The van der Waals surface area contributed by atoms with E-state index in [0.29, 0.717) is 25.1 Å². The molecule has 1 amide bonds. The highest BCUT2D eigenvalue weighted by atomic mass is 19.4. The van der Waals surface area contributed by atoms with Crippen LogP contribution < -0.4 is 14.4 Å². The smallest absolute Gasteiger partial charge is 0.491 e. The van der Waals surface area contributed by atoms with Gasteiger partial charge in [-0.1, -0.05) is 62.2 Å². The van der Waals surface area contributed by atoms with Gasteiger partial charge < -0.3 is 14.4 Å². The van der Waals surface area contributed by atoms with Crippen LogP contribution in [0.1, 0.15) is 62.6 Å². The Morgan fingerprint density at radius 2 is 1.56 bits per heavy atom. The number of halogens is 3. The molecule has 1 unspecified atom stereocenters. The van der Waals surface area contributed by atoms with Crippen molar-refractivity contribution in [3.05, 3.63) is 90.0 Å². The van der Waals surface area contributed by atoms with Crippen molar-refractivity contribution in [2.24, 2.45) is 0 Å². The van der Waals surface area contributed by atoms with Crippen LogP contribution >= 0.6 is 0 Å². The molecule has 0 aromatic heterocycles. The van der Waals surface area contributed by atoms with Gasteiger partial charge in [0.15, 0.2) is 0 Å². The summed E-state index contributed by atoms with van der Waals surface area (Å²) in [6.45, 7) is 5.73. The highest BCUT2D eigenvalue weighted by molar-refractivity contribution is 5.94. The zero-order valence-electron chi connectivity index (χ0n) is 24.5. The summed E-state index contributed by atoms with van der Waals surface area (Å²) < 4.78 is 48.6. The van der Waals surface area contributed by atoms with Gasteiger partial charge in [-0.05, 0) is 86.3 Å². The molecule has 6 nitrogen and oxygen atoms in total. The Morgan fingerprint density at radius 3 is 2.19 bits per heavy atom. The van der Waals surface area contributed by atoms with E-state index < -0.39 is 12.1 Å². The number of amides is 1. The largest absolute Gasteiger partial charge is 0.492 e. The molecule has 1 saturated heterocycles. The van der Waals surface area contributed by atoms with E-state index in [1.807, 2.05) is 54.6 Å². The van der Waals surface area contributed by atoms with Crippen LogP contribution in [0, 0.1) is 0 Å². The van der Waals surface area contributed by atoms with Crippen LogP contribution in [0.2, 0.25) is 0 Å². The van der Waals surface area contributed by atoms with Gasteiger partial charge in [-0.25, -0.2) is 4.79 Å². The third-order valence-corrected chi connectivity index (χ3v) is 7.58. The van der Waals surface area contributed by atoms with Gasteiger partial charge in [0.05, 0.1) is 6.04 Å². The molecule has 0 radical (unpaired) electrons. The van der Waals surface area contributed by atoms with Gasteiger partial charge in [-0.15, -0.1) is 0 Å². The molecule has 43 heavy (non-hydrogen) atoms. The van der Waals surface area contributed by atoms with Crippen LogP contribution in [0.5, 0.6) is 11.5 Å². The summed E-state index contributed by atoms with van der Waals surface area (Å²) in [4.78, 5) is 29.4. The average Bonchev–Trinajstić information content (AvgIpc) is 3.53. The number of carbonyl (C=O) groups is 2. The summed E-state index contributed by atoms with van der Waals surface area (Å²) in [5.41, 5.74) is 2.50. The summed E-state index contributed by atoms with van der Waals surface area (Å²) >= 11 is 0. The maximum Gasteiger partial charge on any atom is 0.491 e. The summed E-state index contributed by atoms with van der Waals surface area (Å²) in [6.07, 6.45) is 0.580. The first-order valence-electron chi connectivity index (χ1n) is 14.9. The van der Waals surface area contributed by atoms with Crippen LogP contribution in [-0.4, -0.2) is 49.2 Å². The van der Waals surface area contributed by atoms with E-state index >= 15 is 0 Å². The lowest BCUT2D eigenvalue weighted by Gasteiger charge is -2.33. The van der Waals surface area contributed by atoms with Crippen molar-refractivity contribution in [2.45, 2.75) is 64.1 Å². The Kier molecular flexibility index (Phi) is 11.6. The Morgan fingerprint density at radius 1 is 0.907 bits per heavy atom. The number of rotatable bonds is 14. The first kappa shape index (κ1) is 32.1. The molecule has 9 heteroatoms. The Hall–Kier alpha value is -3.85. The van der Waals surface area contributed by atoms with Gasteiger partial charge in [-0.2, -0.15) is 13.2 Å². The summed E-state index contributed by atoms with van der Waals surface area (Å²) in [5.74, 6) is -1.83. The molecule has 1 aliphatic heterocycles. The fraction of sp³-hybridized carbons (Fsp3) is 0.412. The SMILES string of the molecule is CCCCC(c1ccc(OC(=O)C(F)(F)F)cc1)N(C(=O)CCc1ccccc1)c1ccc(OCCN2CCCC2)cc1. The highest BCUT2D eigenvalue weighted by Crippen LogP contribution is 2.34. The Balaban J connectivity index is 1.56. The molecular formula is C34H39F3N2O4. The first-order valence-corrected chi connectivity index (χ1v) is 14.9. The number of likely N-dealkylation sites (tertiary alicyclic amines) is 1. The van der Waals surface area contributed by atoms with E-state index in [1.165, 1.54) is 25.0 Å². The normalized spacial score (nSPS) is 14.3. The molecule has 0 saturated carbocycles. The van der Waals surface area contributed by atoms with Gasteiger partial charge in [0.25, 0.3) is 0 Å². The number of anilines is 1. The molecule has 0 N–H and O–H groups in total. The van der Waals surface area contributed by atoms with Gasteiger partial charge in [0.2, 0.25) is 5.91 Å². The van der Waals surface area contributed by atoms with Crippen molar-refractivity contribution in [1.29, 1.82) is 0 Å². The second-order valence-corrected chi connectivity index (χ2v) is 10.8. The summed E-state index contributed by atoms with van der Waals surface area (Å²) in [6, 6.07) is 22.8. The summed E-state index contributed by atoms with van der Waals surface area (Å²) in [5, 5.41) is 0. The lowest BCUT2D eigenvalue weighted by Crippen LogP contribution is -2.35. The maximum atomic E-state index is 13.9. The lowest BCUT2D eigenvalue weighted by atomic mass is 9.97. The average molecular weight is 597 g/mol. The molecule has 1 fully saturated rings. The number of alkyl halides is 3. The molecule has 3 aromatic carbocycles. The number of esters is 1. The fourth-order valence-electron chi connectivity index (χ4n) is 5.28. The predicted molar refractivity (Wildman–Crippen MR) is 160 cm³/mol. The number of hydrogen-bond donors (Lipinski definition) is 0. The molecule has 0 bridgehead atoms. The van der Waals surface area contributed by atoms with Crippen LogP contribution in [0.3, 0.4) is 0 Å². The fourth-order valence-corrected chi connectivity index (χ4v) is 5.28. The van der Waals surface area contributed by atoms with Gasteiger partial charge in [0, 0.05) is 18.7 Å². The minimum Gasteiger partial charge on any atom is -0.492 e. The van der Waals surface area contributed by atoms with Crippen molar-refractivity contribution in [1.82, 2.24) is 4.90 Å². The summed E-state index contributed by atoms with van der Waals surface area (Å²) in [7, 11) is 0. The number of aryl methyl sites for hydroxylation is 1. The second kappa shape index (κ2) is 15.6. The van der Waals surface area contributed by atoms with Crippen molar-refractivity contribution in [3.8, 4) is 11.5 Å². The molecule has 1 aliphatic rings. The van der Waals surface area contributed by atoms with E-state index in [4.69, 9.17) is 4.74 Å². The van der Waals surface area contributed by atoms with Crippen LogP contribution in [0.15, 0.2) is 78.9 Å². The van der Waals surface area contributed by atoms with Gasteiger partial charge >= 0.3 is 12.1 Å². The van der Waals surface area contributed by atoms with E-state index in [1.54, 1.807) is 17.0 Å². The molecule has 4 rings (SSSR count). The molecule has 3 aromatic rings. The Bertz CT molecular complexity index is 1290. The van der Waals surface area contributed by atoms with Crippen molar-refractivity contribution < 1.29 is 32.2 Å². The number of benzene rings is 3. The van der Waals surface area contributed by atoms with Crippen LogP contribution in [0.4, 0.5) is 18.9 Å². The number of nitrogens with zero attached hydrogens (tertiary/aromatic N) is 2. The van der Waals surface area contributed by atoms with Crippen molar-refractivity contribution in [2.75, 3.05) is 31.1 Å². The van der Waals surface area contributed by atoms with Gasteiger partial charge in [-0.3, -0.25) is 9.69 Å². The van der Waals surface area contributed by atoms with E-state index in [0.717, 1.165) is 49.4 Å². The predicted octanol–water partition coefficient (Wildman–Crippen LogP) is 7.53. The minimum atomic E-state index is -5.09. The van der Waals surface area contributed by atoms with Crippen LogP contribution in [0.25, 0.3) is 0 Å². The molecule has 1 heterocycles. The molecule has 0 spiro atoms. The quantitative estimate of drug-likeness (QED) is 0.142. The first-order chi connectivity index (χ1) is 20.7. The van der Waals surface area contributed by atoms with Crippen LogP contribution in [-0.2, 0) is 16.0 Å².